The van der Waals surface area contributed by atoms with Gasteiger partial charge in [0.15, 0.2) is 5.96 Å². The van der Waals surface area contributed by atoms with Gasteiger partial charge in [0.1, 0.15) is 11.9 Å². The number of aromatic nitrogens is 2. The van der Waals surface area contributed by atoms with Gasteiger partial charge >= 0.3 is 0 Å². The second-order valence-corrected chi connectivity index (χ2v) is 7.36. The summed E-state index contributed by atoms with van der Waals surface area (Å²) in [7, 11) is 1.81. The quantitative estimate of drug-likeness (QED) is 0.367. The Balaban J connectivity index is 0.00000256. The van der Waals surface area contributed by atoms with Gasteiger partial charge in [0.25, 0.3) is 0 Å². The first-order chi connectivity index (χ1) is 14.2. The first-order valence-corrected chi connectivity index (χ1v) is 10.2. The van der Waals surface area contributed by atoms with E-state index < -0.39 is 0 Å². The van der Waals surface area contributed by atoms with Crippen LogP contribution in [0.25, 0.3) is 5.69 Å². The number of hydrogen-bond donors (Lipinski definition) is 1. The van der Waals surface area contributed by atoms with Crippen molar-refractivity contribution in [3.8, 4) is 5.69 Å². The maximum Gasteiger partial charge on any atom is 0.193 e. The van der Waals surface area contributed by atoms with E-state index in [1.807, 2.05) is 19.3 Å². The largest absolute Gasteiger partial charge is 0.375 e. The van der Waals surface area contributed by atoms with E-state index in [9.17, 15) is 4.39 Å². The molecule has 0 aliphatic carbocycles. The molecule has 0 spiro atoms. The Labute approximate surface area is 193 Å². The number of rotatable bonds is 5. The van der Waals surface area contributed by atoms with Gasteiger partial charge in [-0.3, -0.25) is 4.99 Å². The summed E-state index contributed by atoms with van der Waals surface area (Å²) in [6.07, 6.45) is 5.16. The van der Waals surface area contributed by atoms with Gasteiger partial charge in [-0.1, -0.05) is 0 Å². The Morgan fingerprint density at radius 2 is 2.00 bits per heavy atom. The Hall–Kier alpha value is -1.72. The van der Waals surface area contributed by atoms with Gasteiger partial charge in [-0.2, -0.15) is 5.10 Å². The molecule has 2 unspecified atom stereocenters. The minimum atomic E-state index is -0.249. The predicted octanol–water partition coefficient (Wildman–Crippen LogP) is 2.63. The minimum Gasteiger partial charge on any atom is -0.375 e. The number of benzene rings is 1. The molecule has 1 N–H and O–H groups in total. The monoisotopic (exact) mass is 529 g/mol. The summed E-state index contributed by atoms with van der Waals surface area (Å²) < 4.78 is 26.6. The van der Waals surface area contributed by atoms with E-state index >= 15 is 0 Å². The molecule has 2 aliphatic heterocycles. The van der Waals surface area contributed by atoms with Crippen LogP contribution in [-0.2, 0) is 15.9 Å². The van der Waals surface area contributed by atoms with E-state index in [2.05, 4.69) is 20.3 Å². The molecule has 2 aromatic rings. The second kappa shape index (κ2) is 11.1. The molecular weight excluding hydrogens is 500 g/mol. The predicted molar refractivity (Wildman–Crippen MR) is 124 cm³/mol. The summed E-state index contributed by atoms with van der Waals surface area (Å²) in [6, 6.07) is 8.29. The van der Waals surface area contributed by atoms with Crippen molar-refractivity contribution >= 4 is 29.9 Å². The van der Waals surface area contributed by atoms with Crippen LogP contribution in [0.15, 0.2) is 41.5 Å². The van der Waals surface area contributed by atoms with Crippen molar-refractivity contribution in [3.05, 3.63) is 48.0 Å². The number of halogens is 2. The maximum absolute atomic E-state index is 13.1. The number of hydrogen-bond acceptors (Lipinski definition) is 4. The molecule has 3 heterocycles. The first kappa shape index (κ1) is 23.0. The van der Waals surface area contributed by atoms with Crippen LogP contribution in [0.2, 0.25) is 0 Å². The second-order valence-electron chi connectivity index (χ2n) is 7.36. The molecule has 2 saturated heterocycles. The highest BCUT2D eigenvalue weighted by molar-refractivity contribution is 14.0. The van der Waals surface area contributed by atoms with Gasteiger partial charge in [0, 0.05) is 45.9 Å². The fourth-order valence-corrected chi connectivity index (χ4v) is 3.86. The smallest absolute Gasteiger partial charge is 0.193 e. The van der Waals surface area contributed by atoms with Crippen molar-refractivity contribution in [2.24, 2.45) is 4.99 Å². The molecule has 2 aliphatic rings. The Morgan fingerprint density at radius 3 is 2.73 bits per heavy atom. The number of guanidine groups is 1. The summed E-state index contributed by atoms with van der Waals surface area (Å²) in [4.78, 5) is 6.68. The van der Waals surface area contributed by atoms with Gasteiger partial charge in [0.05, 0.1) is 24.1 Å². The molecule has 164 valence electrons. The van der Waals surface area contributed by atoms with Crippen molar-refractivity contribution in [2.75, 3.05) is 39.9 Å². The molecule has 4 rings (SSSR count). The fraction of sp³-hybridized carbons (Fsp3) is 0.524. The van der Waals surface area contributed by atoms with Gasteiger partial charge in [-0.05, 0) is 43.2 Å². The van der Waals surface area contributed by atoms with Crippen LogP contribution < -0.4 is 5.32 Å². The van der Waals surface area contributed by atoms with Crippen LogP contribution in [0.4, 0.5) is 4.39 Å². The molecule has 9 heteroatoms. The molecule has 2 fully saturated rings. The average molecular weight is 529 g/mol. The topological polar surface area (TPSA) is 63.9 Å². The van der Waals surface area contributed by atoms with E-state index in [0.29, 0.717) is 6.61 Å². The number of morpholine rings is 1. The van der Waals surface area contributed by atoms with E-state index in [1.165, 1.54) is 12.1 Å². The highest BCUT2D eigenvalue weighted by Crippen LogP contribution is 2.21. The van der Waals surface area contributed by atoms with Gasteiger partial charge in [-0.15, -0.1) is 24.0 Å². The molecular formula is C21H29FIN5O2. The number of nitrogens with one attached hydrogen (secondary N) is 1. The normalized spacial score (nSPS) is 22.1. The Bertz CT molecular complexity index is 823. The highest BCUT2D eigenvalue weighted by Gasteiger charge is 2.32. The van der Waals surface area contributed by atoms with Gasteiger partial charge in [-0.25, -0.2) is 9.07 Å². The molecule has 2 atom stereocenters. The van der Waals surface area contributed by atoms with Crippen molar-refractivity contribution in [1.29, 1.82) is 0 Å². The maximum atomic E-state index is 13.1. The van der Waals surface area contributed by atoms with Crippen molar-refractivity contribution in [2.45, 2.75) is 31.5 Å². The third-order valence-corrected chi connectivity index (χ3v) is 5.38. The van der Waals surface area contributed by atoms with Crippen LogP contribution >= 0.6 is 24.0 Å². The summed E-state index contributed by atoms with van der Waals surface area (Å²) >= 11 is 0. The van der Waals surface area contributed by atoms with Gasteiger partial charge in [0.2, 0.25) is 0 Å². The van der Waals surface area contributed by atoms with Gasteiger partial charge < -0.3 is 19.7 Å². The van der Waals surface area contributed by atoms with E-state index in [0.717, 1.165) is 62.8 Å². The van der Waals surface area contributed by atoms with E-state index in [4.69, 9.17) is 9.47 Å². The molecule has 0 radical (unpaired) electrons. The summed E-state index contributed by atoms with van der Waals surface area (Å²) in [6.45, 7) is 3.87. The van der Waals surface area contributed by atoms with Crippen LogP contribution in [0.3, 0.4) is 0 Å². The van der Waals surface area contributed by atoms with Crippen LogP contribution in [0, 0.1) is 5.82 Å². The zero-order chi connectivity index (χ0) is 20.1. The summed E-state index contributed by atoms with van der Waals surface area (Å²) in [5.41, 5.74) is 1.81. The van der Waals surface area contributed by atoms with Crippen LogP contribution in [0.1, 0.15) is 18.5 Å². The number of nitrogens with zero attached hydrogens (tertiary/aromatic N) is 4. The van der Waals surface area contributed by atoms with Crippen molar-refractivity contribution < 1.29 is 13.9 Å². The molecule has 0 bridgehead atoms. The minimum absolute atomic E-state index is 0. The molecule has 7 nitrogen and oxygen atoms in total. The fourth-order valence-electron chi connectivity index (χ4n) is 3.86. The van der Waals surface area contributed by atoms with E-state index in [-0.39, 0.29) is 42.0 Å². The SMILES string of the molecule is CN=C(NCCc1ccn(-c2ccc(F)cc2)n1)N1CCOC(C2CCCO2)C1.I. The molecule has 0 amide bonds. The third kappa shape index (κ3) is 5.70. The third-order valence-electron chi connectivity index (χ3n) is 5.38. The zero-order valence-electron chi connectivity index (χ0n) is 17.2. The lowest BCUT2D eigenvalue weighted by molar-refractivity contribution is -0.0816. The first-order valence-electron chi connectivity index (χ1n) is 10.2. The van der Waals surface area contributed by atoms with Crippen molar-refractivity contribution in [1.82, 2.24) is 20.0 Å². The van der Waals surface area contributed by atoms with Crippen molar-refractivity contribution in [3.63, 3.8) is 0 Å². The zero-order valence-corrected chi connectivity index (χ0v) is 19.5. The lowest BCUT2D eigenvalue weighted by Crippen LogP contribution is -2.53. The summed E-state index contributed by atoms with van der Waals surface area (Å²) in [5.74, 6) is 0.635. The van der Waals surface area contributed by atoms with E-state index in [1.54, 1.807) is 16.8 Å². The summed E-state index contributed by atoms with van der Waals surface area (Å²) in [5, 5.41) is 8.01. The molecule has 30 heavy (non-hydrogen) atoms. The Kier molecular flexibility index (Phi) is 8.46. The lowest BCUT2D eigenvalue weighted by atomic mass is 10.1. The lowest BCUT2D eigenvalue weighted by Gasteiger charge is -2.37. The molecule has 1 aromatic carbocycles. The number of ether oxygens (including phenoxy) is 2. The molecule has 0 saturated carbocycles. The highest BCUT2D eigenvalue weighted by atomic mass is 127. The van der Waals surface area contributed by atoms with Crippen LogP contribution in [0.5, 0.6) is 0 Å². The molecule has 1 aromatic heterocycles. The Morgan fingerprint density at radius 1 is 1.20 bits per heavy atom. The number of aliphatic imine (C=N–C) groups is 1. The van der Waals surface area contributed by atoms with Crippen LogP contribution in [-0.4, -0.2) is 72.7 Å². The average Bonchev–Trinajstić information content (AvgIpc) is 3.44. The standard InChI is InChI=1S/C21H28FN5O2.HI/c1-23-21(26-12-14-29-20(15-26)19-3-2-13-28-19)24-10-8-17-9-11-27(25-17)18-6-4-16(22)5-7-18;/h4-7,9,11,19-20H,2-3,8,10,12-15H2,1H3,(H,23,24);1H.